The number of hydrogen-bond acceptors (Lipinski definition) is 5. The van der Waals surface area contributed by atoms with Gasteiger partial charge in [0.1, 0.15) is 6.54 Å². The van der Waals surface area contributed by atoms with Crippen LogP contribution in [0.2, 0.25) is 0 Å². The number of ketones is 1. The van der Waals surface area contributed by atoms with Gasteiger partial charge in [-0.15, -0.1) is 5.10 Å². The Hall–Kier alpha value is -1.27. The molecule has 166 valence electrons. The summed E-state index contributed by atoms with van der Waals surface area (Å²) < 4.78 is 7.70. The highest BCUT2D eigenvalue weighted by Crippen LogP contribution is 2.65. The van der Waals surface area contributed by atoms with Crippen LogP contribution in [0.1, 0.15) is 65.2 Å². The molecule has 0 amide bonds. The molecule has 4 aliphatic carbocycles. The molecule has 1 heterocycles. The Kier molecular flexibility index (Phi) is 5.09. The zero-order valence-electron chi connectivity index (χ0n) is 18.7. The van der Waals surface area contributed by atoms with Crippen molar-refractivity contribution in [2.24, 2.45) is 40.9 Å². The lowest BCUT2D eigenvalue weighted by Crippen LogP contribution is -2.55. The first-order valence-corrected chi connectivity index (χ1v) is 11.9. The number of hydrogen-bond donors (Lipinski definition) is 1. The molecular formula is C24H37N3O3. The van der Waals surface area contributed by atoms with Gasteiger partial charge in [-0.3, -0.25) is 4.79 Å². The van der Waals surface area contributed by atoms with E-state index in [1.807, 2.05) is 14.0 Å². The van der Waals surface area contributed by atoms with Crippen molar-refractivity contribution in [3.05, 3.63) is 12.4 Å². The van der Waals surface area contributed by atoms with Crippen LogP contribution in [0.4, 0.5) is 0 Å². The summed E-state index contributed by atoms with van der Waals surface area (Å²) in [5.41, 5.74) is -0.440. The van der Waals surface area contributed by atoms with Crippen LogP contribution in [-0.2, 0) is 16.1 Å². The average molecular weight is 416 g/mol. The number of fused-ring (bicyclic) bond motifs is 5. The van der Waals surface area contributed by atoms with Crippen molar-refractivity contribution in [2.45, 2.75) is 83.5 Å². The molecular weight excluding hydrogens is 378 g/mol. The van der Waals surface area contributed by atoms with E-state index in [1.54, 1.807) is 17.1 Å². The molecule has 0 saturated heterocycles. The maximum atomic E-state index is 13.2. The van der Waals surface area contributed by atoms with Gasteiger partial charge in [-0.1, -0.05) is 12.1 Å². The summed E-state index contributed by atoms with van der Waals surface area (Å²) >= 11 is 0. The highest BCUT2D eigenvalue weighted by molar-refractivity contribution is 5.82. The van der Waals surface area contributed by atoms with Crippen LogP contribution >= 0.6 is 0 Å². The van der Waals surface area contributed by atoms with Crippen molar-refractivity contribution in [3.63, 3.8) is 0 Å². The van der Waals surface area contributed by atoms with E-state index in [0.717, 1.165) is 50.9 Å². The molecule has 6 nitrogen and oxygen atoms in total. The molecule has 9 atom stereocenters. The Morgan fingerprint density at radius 1 is 1.13 bits per heavy atom. The Balaban J connectivity index is 1.36. The molecule has 0 bridgehead atoms. The first-order chi connectivity index (χ1) is 14.3. The third kappa shape index (κ3) is 3.26. The standard InChI is InChI=1S/C24H37N3O3/c1-23(29)8-6-16-15-7-9-24(2)19(17(15)12-22(30-3)18(16)13-23)4-5-20(24)21(28)14-27-11-10-25-26-27/h10-11,15-20,22,29H,4-9,12-14H2,1-3H3/t15-,16-,17-,18-,19+,20-,22-,23-,24+/m1/s1. The number of Topliss-reactive ketones (excluding diaryl/α,β-unsaturated/α-hetero) is 1. The fraction of sp³-hybridized carbons (Fsp3) is 0.875. The molecule has 4 aliphatic rings. The van der Waals surface area contributed by atoms with E-state index in [-0.39, 0.29) is 17.4 Å². The number of ether oxygens (including phenoxy) is 1. The first-order valence-electron chi connectivity index (χ1n) is 11.9. The van der Waals surface area contributed by atoms with Crippen LogP contribution in [0.5, 0.6) is 0 Å². The lowest BCUT2D eigenvalue weighted by atomic mass is 9.48. The van der Waals surface area contributed by atoms with Crippen molar-refractivity contribution in [1.29, 1.82) is 0 Å². The Morgan fingerprint density at radius 2 is 1.90 bits per heavy atom. The summed E-state index contributed by atoms with van der Waals surface area (Å²) in [5, 5.41) is 18.6. The quantitative estimate of drug-likeness (QED) is 0.814. The van der Waals surface area contributed by atoms with Gasteiger partial charge in [-0.25, -0.2) is 4.68 Å². The lowest BCUT2D eigenvalue weighted by Gasteiger charge is -2.58. The largest absolute Gasteiger partial charge is 0.390 e. The van der Waals surface area contributed by atoms with Gasteiger partial charge in [0.2, 0.25) is 0 Å². The summed E-state index contributed by atoms with van der Waals surface area (Å²) in [6.45, 7) is 4.74. The van der Waals surface area contributed by atoms with Gasteiger partial charge in [-0.05, 0) is 93.3 Å². The minimum atomic E-state index is -0.541. The molecule has 1 aromatic rings. The number of rotatable bonds is 4. The fourth-order valence-corrected chi connectivity index (χ4v) is 8.41. The van der Waals surface area contributed by atoms with Crippen molar-refractivity contribution < 1.29 is 14.6 Å². The molecule has 0 radical (unpaired) electrons. The monoisotopic (exact) mass is 415 g/mol. The predicted octanol–water partition coefficient (Wildman–Crippen LogP) is 3.49. The van der Waals surface area contributed by atoms with Gasteiger partial charge < -0.3 is 9.84 Å². The molecule has 0 aliphatic heterocycles. The summed E-state index contributed by atoms with van der Waals surface area (Å²) in [6, 6.07) is 0. The SMILES string of the molecule is CO[C@@H]1C[C@@H]2[C@H](CC[C@]3(C)[C@@H](C(=O)Cn4ccnn4)CC[C@@H]23)[C@H]2CC[C@@](C)(O)C[C@H]21. The predicted molar refractivity (Wildman–Crippen MR) is 112 cm³/mol. The van der Waals surface area contributed by atoms with Crippen molar-refractivity contribution in [3.8, 4) is 0 Å². The second kappa shape index (κ2) is 7.40. The second-order valence-corrected chi connectivity index (χ2v) is 11.3. The summed E-state index contributed by atoms with van der Waals surface area (Å²) in [5.74, 6) is 3.62. The molecule has 1 N–H and O–H groups in total. The van der Waals surface area contributed by atoms with Crippen LogP contribution in [0.15, 0.2) is 12.4 Å². The Morgan fingerprint density at radius 3 is 2.63 bits per heavy atom. The molecule has 4 fully saturated rings. The molecule has 5 rings (SSSR count). The second-order valence-electron chi connectivity index (χ2n) is 11.3. The van der Waals surface area contributed by atoms with Crippen LogP contribution in [0, 0.1) is 40.9 Å². The van der Waals surface area contributed by atoms with E-state index >= 15 is 0 Å². The normalized spacial score (nSPS) is 47.9. The molecule has 4 saturated carbocycles. The number of methoxy groups -OCH3 is 1. The van der Waals surface area contributed by atoms with Gasteiger partial charge in [0.25, 0.3) is 0 Å². The van der Waals surface area contributed by atoms with Gasteiger partial charge in [0.15, 0.2) is 5.78 Å². The maximum Gasteiger partial charge on any atom is 0.157 e. The van der Waals surface area contributed by atoms with Crippen LogP contribution in [0.3, 0.4) is 0 Å². The molecule has 1 aromatic heterocycles. The van der Waals surface area contributed by atoms with Crippen LogP contribution < -0.4 is 0 Å². The minimum Gasteiger partial charge on any atom is -0.390 e. The van der Waals surface area contributed by atoms with Gasteiger partial charge >= 0.3 is 0 Å². The average Bonchev–Trinajstić information content (AvgIpc) is 3.33. The van der Waals surface area contributed by atoms with Crippen LogP contribution in [-0.4, -0.2) is 44.7 Å². The van der Waals surface area contributed by atoms with Gasteiger partial charge in [0.05, 0.1) is 17.9 Å². The number of aromatic nitrogens is 3. The first kappa shape index (κ1) is 20.6. The Labute approximate surface area is 179 Å². The topological polar surface area (TPSA) is 77.2 Å². The highest BCUT2D eigenvalue weighted by Gasteiger charge is 2.60. The van der Waals surface area contributed by atoms with E-state index in [9.17, 15) is 9.90 Å². The van der Waals surface area contributed by atoms with E-state index < -0.39 is 5.60 Å². The molecule has 0 aromatic carbocycles. The zero-order chi connectivity index (χ0) is 21.1. The highest BCUT2D eigenvalue weighted by atomic mass is 16.5. The molecule has 0 spiro atoms. The third-order valence-corrected chi connectivity index (χ3v) is 9.75. The molecule has 6 heteroatoms. The number of nitrogens with zero attached hydrogens (tertiary/aromatic N) is 3. The van der Waals surface area contributed by atoms with Crippen molar-refractivity contribution >= 4 is 5.78 Å². The smallest absolute Gasteiger partial charge is 0.157 e. The minimum absolute atomic E-state index is 0.101. The van der Waals surface area contributed by atoms with Crippen molar-refractivity contribution in [2.75, 3.05) is 7.11 Å². The van der Waals surface area contributed by atoms with E-state index in [4.69, 9.17) is 4.74 Å². The third-order valence-electron chi connectivity index (χ3n) is 9.75. The molecule has 30 heavy (non-hydrogen) atoms. The summed E-state index contributed by atoms with van der Waals surface area (Å²) in [4.78, 5) is 13.2. The van der Waals surface area contributed by atoms with Crippen LogP contribution in [0.25, 0.3) is 0 Å². The molecule has 0 unspecified atom stereocenters. The van der Waals surface area contributed by atoms with Gasteiger partial charge in [0, 0.05) is 19.2 Å². The summed E-state index contributed by atoms with van der Waals surface area (Å²) in [7, 11) is 1.85. The number of aliphatic hydroxyl groups is 1. The van der Waals surface area contributed by atoms with Crippen molar-refractivity contribution in [1.82, 2.24) is 15.0 Å². The summed E-state index contributed by atoms with van der Waals surface area (Å²) in [6.07, 6.45) is 12.2. The fourth-order valence-electron chi connectivity index (χ4n) is 8.41. The lowest BCUT2D eigenvalue weighted by molar-refractivity contribution is -0.155. The number of carbonyl (C=O) groups excluding carboxylic acids is 1. The maximum absolute atomic E-state index is 13.2. The zero-order valence-corrected chi connectivity index (χ0v) is 18.7. The van der Waals surface area contributed by atoms with E-state index in [2.05, 4.69) is 17.2 Å². The Bertz CT molecular complexity index is 779. The van der Waals surface area contributed by atoms with E-state index in [0.29, 0.717) is 36.0 Å². The van der Waals surface area contributed by atoms with Gasteiger partial charge in [-0.2, -0.15) is 0 Å². The number of carbonyl (C=O) groups is 1. The van der Waals surface area contributed by atoms with E-state index in [1.165, 1.54) is 6.42 Å².